The number of alkyl carbamates (subject to hydrolysis) is 1. The van der Waals surface area contributed by atoms with Gasteiger partial charge in [0, 0.05) is 12.5 Å². The molecule has 1 aliphatic rings. The summed E-state index contributed by atoms with van der Waals surface area (Å²) in [6.45, 7) is 11.8. The molecule has 0 aliphatic heterocycles. The molecule has 0 atom stereocenters. The monoisotopic (exact) mass is 857 g/mol. The van der Waals surface area contributed by atoms with Crippen molar-refractivity contribution in [2.45, 2.75) is 5.92 Å². The topological polar surface area (TPSA) is 158 Å². The molecule has 60 heavy (non-hydrogen) atoms. The van der Waals surface area contributed by atoms with Crippen LogP contribution < -0.4 is 5.32 Å². The lowest BCUT2D eigenvalue weighted by Gasteiger charge is -2.14. The van der Waals surface area contributed by atoms with Crippen molar-refractivity contribution in [3.8, 4) is 11.1 Å². The maximum Gasteiger partial charge on any atom is 0.407 e. The summed E-state index contributed by atoms with van der Waals surface area (Å²) in [4.78, 5) is 12.3. The second kappa shape index (κ2) is 37.8. The van der Waals surface area contributed by atoms with Crippen molar-refractivity contribution in [2.24, 2.45) is 0 Å². The van der Waals surface area contributed by atoms with E-state index in [2.05, 4.69) is 29.6 Å². The Morgan fingerprint density at radius 3 is 0.967 bits per heavy atom. The summed E-state index contributed by atoms with van der Waals surface area (Å²) in [5.74, 6) is 0.0320. The number of hydrogen-bond donors (Lipinski definition) is 1. The van der Waals surface area contributed by atoms with Crippen molar-refractivity contribution in [3.05, 3.63) is 59.7 Å². The smallest absolute Gasteiger partial charge is 0.407 e. The molecule has 3 rings (SSSR count). The van der Waals surface area contributed by atoms with Gasteiger partial charge in [0.25, 0.3) is 0 Å². The molecule has 16 nitrogen and oxygen atoms in total. The quantitative estimate of drug-likeness (QED) is 0.0963. The van der Waals surface area contributed by atoms with E-state index in [4.69, 9.17) is 66.3 Å². The Hall–Kier alpha value is -2.88. The van der Waals surface area contributed by atoms with Gasteiger partial charge in [-0.2, -0.15) is 0 Å². The highest BCUT2D eigenvalue weighted by atomic mass is 19.1. The van der Waals surface area contributed by atoms with Crippen LogP contribution in [-0.4, -0.2) is 198 Å². The lowest BCUT2D eigenvalue weighted by Crippen LogP contribution is -2.29. The van der Waals surface area contributed by atoms with E-state index in [1.54, 1.807) is 0 Å². The Bertz CT molecular complexity index is 1250. The van der Waals surface area contributed by atoms with Crippen molar-refractivity contribution in [1.82, 2.24) is 5.32 Å². The maximum atomic E-state index is 12.3. The molecule has 17 heteroatoms. The van der Waals surface area contributed by atoms with Gasteiger partial charge in [0.2, 0.25) is 0 Å². The highest BCUT2D eigenvalue weighted by Crippen LogP contribution is 2.44. The van der Waals surface area contributed by atoms with Crippen molar-refractivity contribution in [2.75, 3.05) is 192 Å². The molecule has 0 bridgehead atoms. The molecule has 0 saturated carbocycles. The molecule has 1 N–H and O–H groups in total. The second-order valence-corrected chi connectivity index (χ2v) is 12.9. The molecule has 2 aromatic carbocycles. The highest BCUT2D eigenvalue weighted by molar-refractivity contribution is 5.79. The third-order valence-corrected chi connectivity index (χ3v) is 8.55. The van der Waals surface area contributed by atoms with Gasteiger partial charge >= 0.3 is 6.09 Å². The van der Waals surface area contributed by atoms with Crippen LogP contribution in [0.2, 0.25) is 0 Å². The zero-order valence-corrected chi connectivity index (χ0v) is 35.2. The molecule has 1 aliphatic carbocycles. The molecular formula is C43H68FNO15. The van der Waals surface area contributed by atoms with Crippen molar-refractivity contribution < 1.29 is 75.5 Å². The summed E-state index contributed by atoms with van der Waals surface area (Å²) in [6.07, 6.45) is -0.457. The molecular weight excluding hydrogens is 789 g/mol. The van der Waals surface area contributed by atoms with E-state index < -0.39 is 12.8 Å². The number of ether oxygens (including phenoxy) is 14. The molecule has 2 aromatic rings. The molecule has 0 heterocycles. The van der Waals surface area contributed by atoms with Crippen LogP contribution in [0.25, 0.3) is 11.1 Å². The van der Waals surface area contributed by atoms with E-state index in [1.165, 1.54) is 22.3 Å². The zero-order valence-electron chi connectivity index (χ0n) is 35.2. The van der Waals surface area contributed by atoms with Gasteiger partial charge in [0.15, 0.2) is 0 Å². The van der Waals surface area contributed by atoms with Gasteiger partial charge in [-0.05, 0) is 22.3 Å². The first-order valence-corrected chi connectivity index (χ1v) is 21.0. The molecule has 0 radical (unpaired) electrons. The van der Waals surface area contributed by atoms with E-state index in [-0.39, 0.29) is 19.1 Å². The number of rotatable bonds is 43. The van der Waals surface area contributed by atoms with Gasteiger partial charge in [-0.25, -0.2) is 9.18 Å². The fourth-order valence-electron chi connectivity index (χ4n) is 5.67. The van der Waals surface area contributed by atoms with E-state index >= 15 is 0 Å². The number of alkyl halides is 1. The average Bonchev–Trinajstić information content (AvgIpc) is 3.59. The summed E-state index contributed by atoms with van der Waals surface area (Å²) >= 11 is 0. The molecule has 0 fully saturated rings. The average molecular weight is 858 g/mol. The van der Waals surface area contributed by atoms with Gasteiger partial charge < -0.3 is 71.6 Å². The maximum absolute atomic E-state index is 12.3. The number of hydrogen-bond acceptors (Lipinski definition) is 15. The minimum absolute atomic E-state index is 0.0320. The van der Waals surface area contributed by atoms with Gasteiger partial charge in [-0.15, -0.1) is 0 Å². The first-order valence-electron chi connectivity index (χ1n) is 21.0. The number of carbonyl (C=O) groups is 1. The second-order valence-electron chi connectivity index (χ2n) is 12.9. The van der Waals surface area contributed by atoms with Crippen LogP contribution in [0.4, 0.5) is 9.18 Å². The number of benzene rings is 2. The van der Waals surface area contributed by atoms with Crippen LogP contribution in [0, 0.1) is 0 Å². The highest BCUT2D eigenvalue weighted by Gasteiger charge is 2.29. The summed E-state index contributed by atoms with van der Waals surface area (Å²) in [5.41, 5.74) is 4.76. The Kier molecular flexibility index (Phi) is 32.5. The number of carbonyl (C=O) groups excluding carboxylic acids is 1. The van der Waals surface area contributed by atoms with Gasteiger partial charge in [-0.1, -0.05) is 48.5 Å². The lowest BCUT2D eigenvalue weighted by atomic mass is 9.98. The fraction of sp³-hybridized carbons (Fsp3) is 0.698. The predicted octanol–water partition coefficient (Wildman–Crippen LogP) is 3.71. The predicted molar refractivity (Wildman–Crippen MR) is 220 cm³/mol. The zero-order chi connectivity index (χ0) is 42.2. The summed E-state index contributed by atoms with van der Waals surface area (Å²) in [6, 6.07) is 16.5. The molecule has 0 spiro atoms. The van der Waals surface area contributed by atoms with E-state index in [9.17, 15) is 9.18 Å². The van der Waals surface area contributed by atoms with Gasteiger partial charge in [-0.3, -0.25) is 0 Å². The number of halogens is 1. The number of fused-ring (bicyclic) bond motifs is 3. The molecule has 0 unspecified atom stereocenters. The van der Waals surface area contributed by atoms with E-state index in [0.29, 0.717) is 172 Å². The Morgan fingerprint density at radius 2 is 0.667 bits per heavy atom. The molecule has 1 amide bonds. The minimum Gasteiger partial charge on any atom is -0.449 e. The first-order chi connectivity index (χ1) is 29.8. The molecule has 342 valence electrons. The third kappa shape index (κ3) is 25.8. The van der Waals surface area contributed by atoms with Crippen LogP contribution in [0.1, 0.15) is 17.0 Å². The van der Waals surface area contributed by atoms with E-state index in [0.717, 1.165) is 0 Å². The fourth-order valence-corrected chi connectivity index (χ4v) is 5.67. The SMILES string of the molecule is O=C(NCCOCCOCCOCCOCCOCCOCCOCCOCCOCCOCCOCCOCCOCCF)OCC1c2ccccc2-c2ccccc21. The Balaban J connectivity index is 0.919. The standard InChI is InChI=1S/C43H68FNO15/c44-9-11-47-13-15-49-17-19-51-21-23-53-25-27-55-29-31-57-33-35-59-36-34-58-32-30-56-28-26-54-24-22-52-20-18-50-16-14-48-12-10-45-43(46)60-37-42-40-7-3-1-5-38(40)39-6-2-4-8-41(39)42/h1-8,42H,9-37H2,(H,45,46). The summed E-state index contributed by atoms with van der Waals surface area (Å²) in [7, 11) is 0. The van der Waals surface area contributed by atoms with Crippen LogP contribution in [0.3, 0.4) is 0 Å². The Labute approximate surface area is 354 Å². The molecule has 0 saturated heterocycles. The van der Waals surface area contributed by atoms with Gasteiger partial charge in [0.05, 0.1) is 172 Å². The van der Waals surface area contributed by atoms with Crippen molar-refractivity contribution in [1.29, 1.82) is 0 Å². The number of amides is 1. The summed E-state index contributed by atoms with van der Waals surface area (Å²) in [5, 5.41) is 2.74. The van der Waals surface area contributed by atoms with Crippen LogP contribution in [-0.2, 0) is 66.3 Å². The summed E-state index contributed by atoms with van der Waals surface area (Å²) < 4.78 is 88.0. The third-order valence-electron chi connectivity index (χ3n) is 8.55. The van der Waals surface area contributed by atoms with E-state index in [1.807, 2.05) is 24.3 Å². The van der Waals surface area contributed by atoms with Crippen LogP contribution in [0.15, 0.2) is 48.5 Å². The van der Waals surface area contributed by atoms with Crippen LogP contribution in [0.5, 0.6) is 0 Å². The normalized spacial score (nSPS) is 12.2. The van der Waals surface area contributed by atoms with Crippen LogP contribution >= 0.6 is 0 Å². The van der Waals surface area contributed by atoms with Gasteiger partial charge in [0.1, 0.15) is 13.3 Å². The van der Waals surface area contributed by atoms with Crippen molar-refractivity contribution in [3.63, 3.8) is 0 Å². The Morgan fingerprint density at radius 1 is 0.400 bits per heavy atom. The molecule has 0 aromatic heterocycles. The minimum atomic E-state index is -0.481. The lowest BCUT2D eigenvalue weighted by molar-refractivity contribution is -0.0290. The largest absolute Gasteiger partial charge is 0.449 e. The first kappa shape index (κ1) is 51.5. The van der Waals surface area contributed by atoms with Crippen molar-refractivity contribution >= 4 is 6.09 Å². The number of nitrogens with one attached hydrogen (secondary N) is 1.